The number of halogens is 6. The molecule has 14 heteroatoms. The van der Waals surface area contributed by atoms with Crippen LogP contribution in [0.15, 0.2) is 54.6 Å². The van der Waals surface area contributed by atoms with Gasteiger partial charge in [-0.15, -0.1) is 0 Å². The summed E-state index contributed by atoms with van der Waals surface area (Å²) < 4.78 is 90.5. The second-order valence-corrected chi connectivity index (χ2v) is 8.63. The second kappa shape index (κ2) is 12.9. The van der Waals surface area contributed by atoms with Gasteiger partial charge in [0.2, 0.25) is 0 Å². The summed E-state index contributed by atoms with van der Waals surface area (Å²) in [6, 6.07) is 9.16. The number of nitrogens with one attached hydrogen (secondary N) is 2. The summed E-state index contributed by atoms with van der Waals surface area (Å²) in [6.07, 6.45) is -10.5. The molecule has 8 nitrogen and oxygen atoms in total. The maximum atomic E-state index is 13.2. The van der Waals surface area contributed by atoms with E-state index in [1.165, 1.54) is 37.4 Å². The number of carbonyl (C=O) groups is 2. The molecule has 0 aliphatic carbocycles. The minimum Gasteiger partial charge on any atom is -0.493 e. The molecule has 0 fully saturated rings. The highest BCUT2D eigenvalue weighted by atomic mass is 19.4. The maximum Gasteiger partial charge on any atom is 0.416 e. The van der Waals surface area contributed by atoms with E-state index in [4.69, 9.17) is 19.7 Å². The van der Waals surface area contributed by atoms with Crippen molar-refractivity contribution in [2.45, 2.75) is 25.3 Å². The van der Waals surface area contributed by atoms with Crippen molar-refractivity contribution in [3.63, 3.8) is 0 Å². The van der Waals surface area contributed by atoms with Gasteiger partial charge in [-0.2, -0.15) is 26.3 Å². The van der Waals surface area contributed by atoms with E-state index in [-0.39, 0.29) is 55.1 Å². The van der Waals surface area contributed by atoms with Crippen molar-refractivity contribution < 1.29 is 55.6 Å². The molecule has 3 aromatic carbocycles. The number of hydrogen-bond acceptors (Lipinski definition) is 6. The summed E-state index contributed by atoms with van der Waals surface area (Å²) in [6.45, 7) is 0.0190. The monoisotopic (exact) mass is 586 g/mol. The lowest BCUT2D eigenvalue weighted by Gasteiger charge is -2.17. The molecule has 0 bridgehead atoms. The van der Waals surface area contributed by atoms with E-state index in [2.05, 4.69) is 10.6 Å². The van der Waals surface area contributed by atoms with Crippen LogP contribution in [-0.2, 0) is 30.1 Å². The number of aliphatic hydroxyl groups is 1. The van der Waals surface area contributed by atoms with Gasteiger partial charge in [0.15, 0.2) is 11.5 Å². The van der Waals surface area contributed by atoms with Crippen LogP contribution in [0.2, 0.25) is 0 Å². The maximum absolute atomic E-state index is 13.2. The Balaban J connectivity index is 1.95. The zero-order chi connectivity index (χ0) is 30.4. The van der Waals surface area contributed by atoms with Crippen molar-refractivity contribution in [3.8, 4) is 17.2 Å². The number of alkyl halides is 6. The topological polar surface area (TPSA) is 117 Å². The van der Waals surface area contributed by atoms with Gasteiger partial charge in [-0.3, -0.25) is 9.59 Å². The van der Waals surface area contributed by atoms with Crippen molar-refractivity contribution in [1.29, 1.82) is 0 Å². The first-order valence-electron chi connectivity index (χ1n) is 11.8. The number of benzene rings is 3. The molecule has 41 heavy (non-hydrogen) atoms. The van der Waals surface area contributed by atoms with Crippen LogP contribution in [0.25, 0.3) is 0 Å². The SMILES string of the molecule is COc1ccc(CC(=O)O)cc1Oc1ccc(NC(=O)c2cc(C(F)(F)F)cc(C(F)(F)F)c2)cc1CNCCO. The molecule has 0 atom stereocenters. The van der Waals surface area contributed by atoms with E-state index in [1.807, 2.05) is 0 Å². The zero-order valence-electron chi connectivity index (χ0n) is 21.3. The highest BCUT2D eigenvalue weighted by Crippen LogP contribution is 2.37. The summed E-state index contributed by atoms with van der Waals surface area (Å²) in [4.78, 5) is 23.8. The predicted octanol–water partition coefficient (Wildman–Crippen LogP) is 5.49. The molecule has 0 aromatic heterocycles. The fraction of sp³-hybridized carbons (Fsp3) is 0.259. The first kappa shape index (κ1) is 31.2. The number of aliphatic carboxylic acids is 1. The summed E-state index contributed by atoms with van der Waals surface area (Å²) in [5, 5.41) is 23.4. The zero-order valence-corrected chi connectivity index (χ0v) is 21.3. The lowest BCUT2D eigenvalue weighted by Crippen LogP contribution is -2.19. The number of ether oxygens (including phenoxy) is 2. The molecule has 0 aliphatic heterocycles. The molecule has 1 amide bonds. The third-order valence-corrected chi connectivity index (χ3v) is 5.58. The minimum absolute atomic E-state index is 0.0284. The molecular formula is C27H24F6N2O6. The van der Waals surface area contributed by atoms with E-state index in [0.29, 0.717) is 23.3 Å². The Morgan fingerprint density at radius 3 is 2.05 bits per heavy atom. The van der Waals surface area contributed by atoms with Crippen LogP contribution in [0.4, 0.5) is 32.0 Å². The van der Waals surface area contributed by atoms with Crippen LogP contribution in [0.5, 0.6) is 17.2 Å². The van der Waals surface area contributed by atoms with Gasteiger partial charge >= 0.3 is 18.3 Å². The Hall–Kier alpha value is -4.30. The highest BCUT2D eigenvalue weighted by molar-refractivity contribution is 6.04. The van der Waals surface area contributed by atoms with Crippen LogP contribution in [0, 0.1) is 0 Å². The Labute approximate surface area is 229 Å². The molecule has 0 saturated carbocycles. The first-order chi connectivity index (χ1) is 19.2. The summed E-state index contributed by atoms with van der Waals surface area (Å²) in [5.41, 5.74) is -3.30. The number of carboxylic acid groups (broad SMARTS) is 1. The quantitative estimate of drug-likeness (QED) is 0.174. The van der Waals surface area contributed by atoms with Gasteiger partial charge in [-0.25, -0.2) is 0 Å². The number of rotatable bonds is 11. The number of amides is 1. The Kier molecular flexibility index (Phi) is 9.83. The van der Waals surface area contributed by atoms with E-state index in [0.717, 1.165) is 0 Å². The van der Waals surface area contributed by atoms with Crippen molar-refractivity contribution in [2.24, 2.45) is 0 Å². The van der Waals surface area contributed by atoms with Gasteiger partial charge in [0, 0.05) is 29.9 Å². The predicted molar refractivity (Wildman–Crippen MR) is 134 cm³/mol. The average Bonchev–Trinajstić information content (AvgIpc) is 2.88. The largest absolute Gasteiger partial charge is 0.493 e. The Morgan fingerprint density at radius 1 is 0.854 bits per heavy atom. The molecule has 4 N–H and O–H groups in total. The lowest BCUT2D eigenvalue weighted by atomic mass is 10.0. The van der Waals surface area contributed by atoms with Gasteiger partial charge in [0.05, 0.1) is 31.3 Å². The smallest absolute Gasteiger partial charge is 0.416 e. The van der Waals surface area contributed by atoms with Gasteiger partial charge in [0.1, 0.15) is 5.75 Å². The fourth-order valence-electron chi connectivity index (χ4n) is 3.69. The average molecular weight is 586 g/mol. The van der Waals surface area contributed by atoms with Crippen molar-refractivity contribution >= 4 is 17.6 Å². The molecule has 3 rings (SSSR count). The van der Waals surface area contributed by atoms with E-state index in [1.54, 1.807) is 6.07 Å². The van der Waals surface area contributed by atoms with Crippen LogP contribution in [0.3, 0.4) is 0 Å². The third-order valence-electron chi connectivity index (χ3n) is 5.58. The highest BCUT2D eigenvalue weighted by Gasteiger charge is 2.37. The van der Waals surface area contributed by atoms with Gasteiger partial charge in [0.25, 0.3) is 5.91 Å². The number of carboxylic acids is 1. The second-order valence-electron chi connectivity index (χ2n) is 8.63. The number of hydrogen-bond donors (Lipinski definition) is 4. The molecule has 0 saturated heterocycles. The van der Waals surface area contributed by atoms with Crippen molar-refractivity contribution in [3.05, 3.63) is 82.4 Å². The number of carbonyl (C=O) groups excluding carboxylic acids is 1. The van der Waals surface area contributed by atoms with Gasteiger partial charge < -0.3 is 30.3 Å². The van der Waals surface area contributed by atoms with Gasteiger partial charge in [-0.05, 0) is 54.1 Å². The van der Waals surface area contributed by atoms with Crippen LogP contribution < -0.4 is 20.1 Å². The number of aliphatic hydroxyl groups excluding tert-OH is 1. The molecule has 0 unspecified atom stereocenters. The van der Waals surface area contributed by atoms with Gasteiger partial charge in [-0.1, -0.05) is 6.07 Å². The number of methoxy groups -OCH3 is 1. The molecular weight excluding hydrogens is 562 g/mol. The Bertz CT molecular complexity index is 1380. The molecule has 0 radical (unpaired) electrons. The molecule has 0 spiro atoms. The third kappa shape index (κ3) is 8.59. The summed E-state index contributed by atoms with van der Waals surface area (Å²) in [7, 11) is 1.37. The van der Waals surface area contributed by atoms with E-state index >= 15 is 0 Å². The fourth-order valence-corrected chi connectivity index (χ4v) is 3.69. The Morgan fingerprint density at radius 2 is 1.49 bits per heavy atom. The van der Waals surface area contributed by atoms with Crippen molar-refractivity contribution in [1.82, 2.24) is 5.32 Å². The standard InChI is InChI=1S/C27H24F6N2O6/c1-40-22-4-2-15(9-24(37)38)8-23(22)41-21-5-3-20(12-17(21)14-34-6-7-36)35-25(39)16-10-18(26(28,29)30)13-19(11-16)27(31,32)33/h2-5,8,10-13,34,36H,6-7,9,14H2,1H3,(H,35,39)(H,37,38). The van der Waals surface area contributed by atoms with Crippen LogP contribution in [-0.4, -0.2) is 42.4 Å². The minimum atomic E-state index is -5.12. The molecule has 0 aliphatic rings. The van der Waals surface area contributed by atoms with Crippen molar-refractivity contribution in [2.75, 3.05) is 25.6 Å². The summed E-state index contributed by atoms with van der Waals surface area (Å²) >= 11 is 0. The normalized spacial score (nSPS) is 11.7. The molecule has 0 heterocycles. The van der Waals surface area contributed by atoms with Crippen LogP contribution >= 0.6 is 0 Å². The molecule has 3 aromatic rings. The molecule has 220 valence electrons. The van der Waals surface area contributed by atoms with Crippen LogP contribution in [0.1, 0.15) is 32.6 Å². The first-order valence-corrected chi connectivity index (χ1v) is 11.8. The lowest BCUT2D eigenvalue weighted by molar-refractivity contribution is -0.143. The van der Waals surface area contributed by atoms with E-state index < -0.39 is 40.9 Å². The number of anilines is 1. The summed E-state index contributed by atoms with van der Waals surface area (Å²) in [5.74, 6) is -1.64. The van der Waals surface area contributed by atoms with E-state index in [9.17, 15) is 35.9 Å².